The standard InChI is InChI=1S/C21H22N2O/c1-3-4-13-22-21(24)18-14-20(16-11-9-15(2)10-12-16)23-19-8-6-5-7-17(18)19/h5-12,14H,3-4,13H2,1-2H3,(H,22,24). The van der Waals surface area contributed by atoms with E-state index in [0.717, 1.165) is 35.0 Å². The first-order chi connectivity index (χ1) is 11.7. The number of rotatable bonds is 5. The zero-order chi connectivity index (χ0) is 16.9. The Hall–Kier alpha value is -2.68. The number of benzene rings is 2. The summed E-state index contributed by atoms with van der Waals surface area (Å²) < 4.78 is 0. The van der Waals surface area contributed by atoms with Crippen LogP contribution in [0.4, 0.5) is 0 Å². The van der Waals surface area contributed by atoms with Crippen molar-refractivity contribution in [2.75, 3.05) is 6.54 Å². The molecule has 3 rings (SSSR count). The third kappa shape index (κ3) is 3.46. The van der Waals surface area contributed by atoms with E-state index in [2.05, 4.69) is 31.3 Å². The van der Waals surface area contributed by atoms with Gasteiger partial charge in [-0.2, -0.15) is 0 Å². The van der Waals surface area contributed by atoms with Crippen LogP contribution < -0.4 is 5.32 Å². The summed E-state index contributed by atoms with van der Waals surface area (Å²) in [5.41, 5.74) is 4.59. The second-order valence-corrected chi connectivity index (χ2v) is 6.05. The number of hydrogen-bond donors (Lipinski definition) is 1. The minimum atomic E-state index is -0.0320. The van der Waals surface area contributed by atoms with Gasteiger partial charge in [0.15, 0.2) is 0 Å². The third-order valence-corrected chi connectivity index (χ3v) is 4.12. The Morgan fingerprint density at radius 1 is 1.08 bits per heavy atom. The monoisotopic (exact) mass is 318 g/mol. The number of nitrogens with one attached hydrogen (secondary N) is 1. The molecule has 24 heavy (non-hydrogen) atoms. The van der Waals surface area contributed by atoms with E-state index in [4.69, 9.17) is 4.98 Å². The van der Waals surface area contributed by atoms with Crippen LogP contribution in [0.1, 0.15) is 35.7 Å². The molecule has 0 saturated carbocycles. The molecule has 0 saturated heterocycles. The SMILES string of the molecule is CCCCNC(=O)c1cc(-c2ccc(C)cc2)nc2ccccc12. The Labute approximate surface area is 142 Å². The molecular weight excluding hydrogens is 296 g/mol. The van der Waals surface area contributed by atoms with Gasteiger partial charge in [0.25, 0.3) is 5.91 Å². The molecular formula is C21H22N2O. The maximum absolute atomic E-state index is 12.6. The number of nitrogens with zero attached hydrogens (tertiary/aromatic N) is 1. The topological polar surface area (TPSA) is 42.0 Å². The molecule has 3 nitrogen and oxygen atoms in total. The summed E-state index contributed by atoms with van der Waals surface area (Å²) in [7, 11) is 0. The lowest BCUT2D eigenvalue weighted by atomic mass is 10.0. The number of para-hydroxylation sites is 1. The molecule has 1 amide bonds. The van der Waals surface area contributed by atoms with Gasteiger partial charge in [0.05, 0.1) is 16.8 Å². The highest BCUT2D eigenvalue weighted by Gasteiger charge is 2.13. The summed E-state index contributed by atoms with van der Waals surface area (Å²) in [6.07, 6.45) is 2.05. The highest BCUT2D eigenvalue weighted by Crippen LogP contribution is 2.25. The fourth-order valence-electron chi connectivity index (χ4n) is 2.71. The second-order valence-electron chi connectivity index (χ2n) is 6.05. The molecule has 0 fully saturated rings. The number of fused-ring (bicyclic) bond motifs is 1. The Balaban J connectivity index is 2.05. The average molecular weight is 318 g/mol. The summed E-state index contributed by atoms with van der Waals surface area (Å²) >= 11 is 0. The maximum atomic E-state index is 12.6. The van der Waals surface area contributed by atoms with Gasteiger partial charge in [0, 0.05) is 17.5 Å². The molecule has 0 unspecified atom stereocenters. The number of pyridine rings is 1. The zero-order valence-corrected chi connectivity index (χ0v) is 14.2. The fourth-order valence-corrected chi connectivity index (χ4v) is 2.71. The molecule has 0 aliphatic carbocycles. The van der Waals surface area contributed by atoms with Gasteiger partial charge >= 0.3 is 0 Å². The number of aromatic nitrogens is 1. The van der Waals surface area contributed by atoms with Crippen molar-refractivity contribution in [2.45, 2.75) is 26.7 Å². The van der Waals surface area contributed by atoms with E-state index < -0.39 is 0 Å². The van der Waals surface area contributed by atoms with Gasteiger partial charge in [-0.25, -0.2) is 4.98 Å². The van der Waals surface area contributed by atoms with Crippen LogP contribution in [0.5, 0.6) is 0 Å². The highest BCUT2D eigenvalue weighted by atomic mass is 16.1. The minimum Gasteiger partial charge on any atom is -0.352 e. The van der Waals surface area contributed by atoms with E-state index in [-0.39, 0.29) is 5.91 Å². The molecule has 0 aliphatic rings. The molecule has 0 radical (unpaired) electrons. The molecule has 122 valence electrons. The normalized spacial score (nSPS) is 10.8. The molecule has 1 heterocycles. The first kappa shape index (κ1) is 16.2. The second kappa shape index (κ2) is 7.26. The molecule has 0 bridgehead atoms. The lowest BCUT2D eigenvalue weighted by molar-refractivity contribution is 0.0955. The predicted octanol–water partition coefficient (Wildman–Crippen LogP) is 4.74. The smallest absolute Gasteiger partial charge is 0.252 e. The fraction of sp³-hybridized carbons (Fsp3) is 0.238. The van der Waals surface area contributed by atoms with Crippen LogP contribution in [0.2, 0.25) is 0 Å². The van der Waals surface area contributed by atoms with Crippen LogP contribution in [0.25, 0.3) is 22.2 Å². The Bertz CT molecular complexity index is 853. The Morgan fingerprint density at radius 3 is 2.58 bits per heavy atom. The van der Waals surface area contributed by atoms with E-state index in [1.54, 1.807) is 0 Å². The summed E-state index contributed by atoms with van der Waals surface area (Å²) in [4.78, 5) is 17.4. The molecule has 1 N–H and O–H groups in total. The largest absolute Gasteiger partial charge is 0.352 e. The van der Waals surface area contributed by atoms with Crippen molar-refractivity contribution in [1.29, 1.82) is 0 Å². The minimum absolute atomic E-state index is 0.0320. The van der Waals surface area contributed by atoms with Crippen molar-refractivity contribution in [3.05, 3.63) is 65.7 Å². The summed E-state index contributed by atoms with van der Waals surface area (Å²) in [5, 5.41) is 3.90. The number of carbonyl (C=O) groups excluding carboxylic acids is 1. The van der Waals surface area contributed by atoms with Crippen molar-refractivity contribution in [3.63, 3.8) is 0 Å². The number of hydrogen-bond acceptors (Lipinski definition) is 2. The van der Waals surface area contributed by atoms with Crippen LogP contribution in [-0.2, 0) is 0 Å². The lowest BCUT2D eigenvalue weighted by Gasteiger charge is -2.10. The third-order valence-electron chi connectivity index (χ3n) is 4.12. The first-order valence-corrected chi connectivity index (χ1v) is 8.44. The van der Waals surface area contributed by atoms with Crippen LogP contribution in [0.3, 0.4) is 0 Å². The van der Waals surface area contributed by atoms with Gasteiger partial charge < -0.3 is 5.32 Å². The van der Waals surface area contributed by atoms with E-state index in [1.165, 1.54) is 5.56 Å². The van der Waals surface area contributed by atoms with Crippen LogP contribution in [0, 0.1) is 6.92 Å². The van der Waals surface area contributed by atoms with Gasteiger partial charge in [-0.1, -0.05) is 61.4 Å². The van der Waals surface area contributed by atoms with E-state index in [1.807, 2.05) is 42.5 Å². The molecule has 2 aromatic carbocycles. The Morgan fingerprint density at radius 2 is 1.83 bits per heavy atom. The molecule has 1 aromatic heterocycles. The summed E-state index contributed by atoms with van der Waals surface area (Å²) in [5.74, 6) is -0.0320. The van der Waals surface area contributed by atoms with Crippen molar-refractivity contribution in [1.82, 2.24) is 10.3 Å². The van der Waals surface area contributed by atoms with Gasteiger partial charge in [0.2, 0.25) is 0 Å². The molecule has 0 spiro atoms. The molecule has 0 atom stereocenters. The lowest BCUT2D eigenvalue weighted by Crippen LogP contribution is -2.24. The Kier molecular flexibility index (Phi) is 4.90. The van der Waals surface area contributed by atoms with Gasteiger partial charge in [0.1, 0.15) is 0 Å². The van der Waals surface area contributed by atoms with Crippen molar-refractivity contribution in [2.24, 2.45) is 0 Å². The van der Waals surface area contributed by atoms with Crippen molar-refractivity contribution >= 4 is 16.8 Å². The van der Waals surface area contributed by atoms with Crippen LogP contribution in [0.15, 0.2) is 54.6 Å². The zero-order valence-electron chi connectivity index (χ0n) is 14.2. The van der Waals surface area contributed by atoms with Gasteiger partial charge in [-0.15, -0.1) is 0 Å². The highest BCUT2D eigenvalue weighted by molar-refractivity contribution is 6.07. The average Bonchev–Trinajstić information content (AvgIpc) is 2.61. The van der Waals surface area contributed by atoms with Crippen LogP contribution in [-0.4, -0.2) is 17.4 Å². The summed E-state index contributed by atoms with van der Waals surface area (Å²) in [6, 6.07) is 17.9. The van der Waals surface area contributed by atoms with Gasteiger partial charge in [-0.3, -0.25) is 4.79 Å². The van der Waals surface area contributed by atoms with E-state index in [9.17, 15) is 4.79 Å². The number of unbranched alkanes of at least 4 members (excludes halogenated alkanes) is 1. The van der Waals surface area contributed by atoms with E-state index >= 15 is 0 Å². The number of aryl methyl sites for hydroxylation is 1. The molecule has 0 aliphatic heterocycles. The van der Waals surface area contributed by atoms with Gasteiger partial charge in [-0.05, 0) is 25.5 Å². The number of carbonyl (C=O) groups is 1. The van der Waals surface area contributed by atoms with Crippen LogP contribution >= 0.6 is 0 Å². The maximum Gasteiger partial charge on any atom is 0.252 e. The first-order valence-electron chi connectivity index (χ1n) is 8.44. The van der Waals surface area contributed by atoms with Crippen molar-refractivity contribution in [3.8, 4) is 11.3 Å². The predicted molar refractivity (Wildman–Crippen MR) is 99.2 cm³/mol. The van der Waals surface area contributed by atoms with Crippen molar-refractivity contribution < 1.29 is 4.79 Å². The van der Waals surface area contributed by atoms with E-state index in [0.29, 0.717) is 12.1 Å². The molecule has 3 aromatic rings. The molecule has 3 heteroatoms. The quantitative estimate of drug-likeness (QED) is 0.690. The summed E-state index contributed by atoms with van der Waals surface area (Å²) in [6.45, 7) is 4.87. The number of amides is 1.